The molecule has 0 amide bonds. The van der Waals surface area contributed by atoms with E-state index in [-0.39, 0.29) is 5.92 Å². The van der Waals surface area contributed by atoms with Crippen LogP contribution >= 0.6 is 0 Å². The number of hydrogen-bond donors (Lipinski definition) is 1. The quantitative estimate of drug-likeness (QED) is 0.804. The van der Waals surface area contributed by atoms with Gasteiger partial charge in [0.15, 0.2) is 17.3 Å². The van der Waals surface area contributed by atoms with Gasteiger partial charge in [-0.05, 0) is 31.4 Å². The molecule has 1 aliphatic rings. The zero-order chi connectivity index (χ0) is 17.8. The Balaban J connectivity index is 2.00. The van der Waals surface area contributed by atoms with E-state index in [4.69, 9.17) is 18.9 Å². The molecule has 1 saturated heterocycles. The van der Waals surface area contributed by atoms with Crippen LogP contribution in [0.2, 0.25) is 6.32 Å². The van der Waals surface area contributed by atoms with E-state index in [0.717, 1.165) is 11.3 Å². The van der Waals surface area contributed by atoms with Gasteiger partial charge < -0.3 is 23.9 Å². The highest BCUT2D eigenvalue weighted by Gasteiger charge is 2.31. The van der Waals surface area contributed by atoms with Crippen LogP contribution in [0.3, 0.4) is 0 Å². The molecule has 0 radical (unpaired) electrons. The summed E-state index contributed by atoms with van der Waals surface area (Å²) in [6.45, 7) is 2.87. The van der Waals surface area contributed by atoms with Gasteiger partial charge in [-0.1, -0.05) is 0 Å². The Bertz CT molecular complexity index is 743. The van der Waals surface area contributed by atoms with Crippen LogP contribution in [0.5, 0.6) is 17.4 Å². The van der Waals surface area contributed by atoms with Crippen molar-refractivity contribution >= 4 is 7.12 Å². The van der Waals surface area contributed by atoms with E-state index in [2.05, 4.69) is 9.97 Å². The number of aromatic nitrogens is 2. The van der Waals surface area contributed by atoms with Gasteiger partial charge in [-0.3, -0.25) is 0 Å². The van der Waals surface area contributed by atoms with Crippen molar-refractivity contribution in [3.8, 4) is 28.8 Å². The maximum atomic E-state index is 9.60. The van der Waals surface area contributed by atoms with Gasteiger partial charge in [0.05, 0.1) is 26.5 Å². The standard InChI is InChI=1S/C17H21BN2O5/c1-4-24-15-7-11(5-6-14(15)22-2)17-19-13(8-16(20-17)23-3)12-9-18(21)25-10-12/h5-8,12,21H,4,9-10H2,1-3H3/t12-/m0/s1. The summed E-state index contributed by atoms with van der Waals surface area (Å²) in [7, 11) is 2.42. The summed E-state index contributed by atoms with van der Waals surface area (Å²) in [6, 6.07) is 7.33. The first kappa shape index (κ1) is 17.5. The molecule has 3 rings (SSSR count). The fourth-order valence-corrected chi connectivity index (χ4v) is 2.78. The van der Waals surface area contributed by atoms with Gasteiger partial charge in [0.1, 0.15) is 0 Å². The van der Waals surface area contributed by atoms with Crippen LogP contribution in [0.4, 0.5) is 0 Å². The molecule has 132 valence electrons. The predicted octanol–water partition coefficient (Wildman–Crippen LogP) is 2.15. The van der Waals surface area contributed by atoms with E-state index in [0.29, 0.717) is 42.7 Å². The second kappa shape index (κ2) is 7.71. The summed E-state index contributed by atoms with van der Waals surface area (Å²) in [4.78, 5) is 9.08. The summed E-state index contributed by atoms with van der Waals surface area (Å²) >= 11 is 0. The van der Waals surface area contributed by atoms with Crippen molar-refractivity contribution in [1.29, 1.82) is 0 Å². The van der Waals surface area contributed by atoms with Crippen molar-refractivity contribution in [2.24, 2.45) is 0 Å². The van der Waals surface area contributed by atoms with Crippen LogP contribution < -0.4 is 14.2 Å². The lowest BCUT2D eigenvalue weighted by molar-refractivity contribution is 0.291. The lowest BCUT2D eigenvalue weighted by Gasteiger charge is -2.13. The molecular formula is C17H21BN2O5. The molecule has 25 heavy (non-hydrogen) atoms. The number of nitrogens with zero attached hydrogens (tertiary/aromatic N) is 2. The molecule has 1 N–H and O–H groups in total. The molecule has 2 heterocycles. The number of ether oxygens (including phenoxy) is 3. The van der Waals surface area contributed by atoms with Gasteiger partial charge in [0.2, 0.25) is 5.88 Å². The van der Waals surface area contributed by atoms with E-state index in [1.165, 1.54) is 0 Å². The zero-order valence-electron chi connectivity index (χ0n) is 14.6. The van der Waals surface area contributed by atoms with Crippen molar-refractivity contribution in [3.63, 3.8) is 0 Å². The average molecular weight is 344 g/mol. The summed E-state index contributed by atoms with van der Waals surface area (Å²) in [5, 5.41) is 9.60. The first-order valence-corrected chi connectivity index (χ1v) is 8.18. The third kappa shape index (κ3) is 3.86. The molecule has 0 spiro atoms. The van der Waals surface area contributed by atoms with Crippen LogP contribution in [0.1, 0.15) is 18.5 Å². The zero-order valence-corrected chi connectivity index (χ0v) is 14.6. The van der Waals surface area contributed by atoms with Gasteiger partial charge in [-0.15, -0.1) is 0 Å². The molecule has 2 aromatic rings. The van der Waals surface area contributed by atoms with E-state index in [9.17, 15) is 5.02 Å². The largest absolute Gasteiger partial charge is 0.493 e. The molecule has 0 unspecified atom stereocenters. The van der Waals surface area contributed by atoms with E-state index in [1.807, 2.05) is 25.1 Å². The fraction of sp³-hybridized carbons (Fsp3) is 0.412. The Labute approximate surface area is 147 Å². The Morgan fingerprint density at radius 1 is 1.20 bits per heavy atom. The van der Waals surface area contributed by atoms with Crippen molar-refractivity contribution in [2.75, 3.05) is 27.4 Å². The minimum Gasteiger partial charge on any atom is -0.493 e. The maximum absolute atomic E-state index is 9.60. The predicted molar refractivity (Wildman–Crippen MR) is 93.2 cm³/mol. The normalized spacial score (nSPS) is 16.8. The van der Waals surface area contributed by atoms with Crippen molar-refractivity contribution in [1.82, 2.24) is 9.97 Å². The van der Waals surface area contributed by atoms with Crippen molar-refractivity contribution in [3.05, 3.63) is 30.0 Å². The highest BCUT2D eigenvalue weighted by molar-refractivity contribution is 6.43. The first-order chi connectivity index (χ1) is 12.1. The van der Waals surface area contributed by atoms with Crippen LogP contribution in [0, 0.1) is 0 Å². The average Bonchev–Trinajstić information content (AvgIpc) is 3.08. The van der Waals surface area contributed by atoms with Gasteiger partial charge in [0, 0.05) is 24.2 Å². The number of rotatable bonds is 6. The summed E-state index contributed by atoms with van der Waals surface area (Å²) < 4.78 is 21.5. The van der Waals surface area contributed by atoms with Crippen LogP contribution in [0.25, 0.3) is 11.4 Å². The molecule has 0 aliphatic carbocycles. The van der Waals surface area contributed by atoms with Gasteiger partial charge in [-0.2, -0.15) is 4.98 Å². The number of hydrogen-bond acceptors (Lipinski definition) is 7. The van der Waals surface area contributed by atoms with Crippen molar-refractivity contribution in [2.45, 2.75) is 19.2 Å². The SMILES string of the molecule is CCOc1cc(-c2nc(OC)cc([C@@H]3COB(O)C3)n2)ccc1OC. The van der Waals surface area contributed by atoms with Crippen LogP contribution in [-0.2, 0) is 4.65 Å². The summed E-state index contributed by atoms with van der Waals surface area (Å²) in [6.07, 6.45) is 0.506. The Morgan fingerprint density at radius 2 is 2.04 bits per heavy atom. The van der Waals surface area contributed by atoms with Crippen LogP contribution in [-0.4, -0.2) is 49.5 Å². The minimum absolute atomic E-state index is 0.00950. The van der Waals surface area contributed by atoms with Gasteiger partial charge in [0.25, 0.3) is 0 Å². The third-order valence-corrected chi connectivity index (χ3v) is 4.05. The van der Waals surface area contributed by atoms with Crippen LogP contribution in [0.15, 0.2) is 24.3 Å². The van der Waals surface area contributed by atoms with Gasteiger partial charge in [-0.25, -0.2) is 4.98 Å². The molecule has 0 bridgehead atoms. The highest BCUT2D eigenvalue weighted by Crippen LogP contribution is 2.34. The lowest BCUT2D eigenvalue weighted by Crippen LogP contribution is -2.08. The van der Waals surface area contributed by atoms with Crippen molar-refractivity contribution < 1.29 is 23.9 Å². The van der Waals surface area contributed by atoms with E-state index >= 15 is 0 Å². The molecule has 1 atom stereocenters. The molecule has 7 nitrogen and oxygen atoms in total. The monoisotopic (exact) mass is 344 g/mol. The molecular weight excluding hydrogens is 323 g/mol. The second-order valence-electron chi connectivity index (χ2n) is 5.68. The molecule has 8 heteroatoms. The molecule has 1 aromatic heterocycles. The Kier molecular flexibility index (Phi) is 5.40. The molecule has 0 saturated carbocycles. The van der Waals surface area contributed by atoms with Gasteiger partial charge >= 0.3 is 7.12 Å². The lowest BCUT2D eigenvalue weighted by atomic mass is 9.81. The maximum Gasteiger partial charge on any atom is 0.454 e. The fourth-order valence-electron chi connectivity index (χ4n) is 2.78. The molecule has 1 aliphatic heterocycles. The topological polar surface area (TPSA) is 82.9 Å². The second-order valence-corrected chi connectivity index (χ2v) is 5.68. The van der Waals surface area contributed by atoms with E-state index < -0.39 is 7.12 Å². The summed E-state index contributed by atoms with van der Waals surface area (Å²) in [5.41, 5.74) is 1.58. The first-order valence-electron chi connectivity index (χ1n) is 8.18. The smallest absolute Gasteiger partial charge is 0.454 e. The third-order valence-electron chi connectivity index (χ3n) is 4.05. The highest BCUT2D eigenvalue weighted by atomic mass is 16.5. The summed E-state index contributed by atoms with van der Waals surface area (Å²) in [5.74, 6) is 2.29. The Hall–Kier alpha value is -2.32. The molecule has 1 fully saturated rings. The minimum atomic E-state index is -0.750. The Morgan fingerprint density at radius 3 is 2.68 bits per heavy atom. The van der Waals surface area contributed by atoms with E-state index in [1.54, 1.807) is 20.3 Å². The molecule has 1 aromatic carbocycles. The number of methoxy groups -OCH3 is 2. The number of benzene rings is 1.